The van der Waals surface area contributed by atoms with Gasteiger partial charge in [0.15, 0.2) is 11.5 Å². The zero-order valence-electron chi connectivity index (χ0n) is 14.7. The number of benzene rings is 1. The molecule has 1 aliphatic carbocycles. The van der Waals surface area contributed by atoms with E-state index in [1.807, 2.05) is 0 Å². The second-order valence-electron chi connectivity index (χ2n) is 5.88. The van der Waals surface area contributed by atoms with Crippen molar-refractivity contribution in [2.24, 2.45) is 5.92 Å². The van der Waals surface area contributed by atoms with E-state index >= 15 is 0 Å². The van der Waals surface area contributed by atoms with Crippen molar-refractivity contribution in [1.82, 2.24) is 0 Å². The summed E-state index contributed by atoms with van der Waals surface area (Å²) in [5.41, 5.74) is 0. The van der Waals surface area contributed by atoms with Gasteiger partial charge in [0.1, 0.15) is 0 Å². The van der Waals surface area contributed by atoms with Gasteiger partial charge in [-0.3, -0.25) is 0 Å². The molecular formula is C19H24O6. The first-order valence-corrected chi connectivity index (χ1v) is 8.41. The fourth-order valence-corrected chi connectivity index (χ4v) is 2.79. The summed E-state index contributed by atoms with van der Waals surface area (Å²) in [6, 6.07) is 5.01. The van der Waals surface area contributed by atoms with E-state index in [1.165, 1.54) is 33.5 Å². The van der Waals surface area contributed by atoms with Gasteiger partial charge in [-0.05, 0) is 30.9 Å². The van der Waals surface area contributed by atoms with Crippen LogP contribution >= 0.6 is 0 Å². The second-order valence-corrected chi connectivity index (χ2v) is 5.88. The van der Waals surface area contributed by atoms with Crippen LogP contribution in [0.15, 0.2) is 30.4 Å². The number of methoxy groups -OCH3 is 2. The Morgan fingerprint density at radius 2 is 1.60 bits per heavy atom. The maximum atomic E-state index is 11.9. The second kappa shape index (κ2) is 9.71. The molecule has 0 amide bonds. The van der Waals surface area contributed by atoms with Crippen LogP contribution in [-0.2, 0) is 14.3 Å². The zero-order valence-corrected chi connectivity index (χ0v) is 14.7. The van der Waals surface area contributed by atoms with E-state index < -0.39 is 11.9 Å². The van der Waals surface area contributed by atoms with Crippen LogP contribution in [0.5, 0.6) is 17.2 Å². The summed E-state index contributed by atoms with van der Waals surface area (Å²) < 4.78 is 20.7. The monoisotopic (exact) mass is 348 g/mol. The third-order valence-corrected chi connectivity index (χ3v) is 4.13. The van der Waals surface area contributed by atoms with E-state index in [1.54, 1.807) is 18.2 Å². The lowest BCUT2D eigenvalue weighted by Crippen LogP contribution is -2.16. The van der Waals surface area contributed by atoms with Crippen molar-refractivity contribution < 1.29 is 28.5 Å². The molecule has 0 radical (unpaired) electrons. The van der Waals surface area contributed by atoms with Gasteiger partial charge in [-0.15, -0.1) is 0 Å². The fourth-order valence-electron chi connectivity index (χ4n) is 2.79. The molecule has 0 saturated heterocycles. The summed E-state index contributed by atoms with van der Waals surface area (Å²) in [5, 5.41) is 0. The van der Waals surface area contributed by atoms with E-state index in [2.05, 4.69) is 0 Å². The Hall–Kier alpha value is -2.50. The number of carbonyl (C=O) groups excluding carboxylic acids is 2. The van der Waals surface area contributed by atoms with Crippen molar-refractivity contribution in [3.8, 4) is 17.2 Å². The Labute approximate surface area is 147 Å². The molecule has 2 rings (SSSR count). The van der Waals surface area contributed by atoms with Crippen molar-refractivity contribution in [1.29, 1.82) is 0 Å². The molecule has 1 aromatic carbocycles. The molecule has 0 spiro atoms. The van der Waals surface area contributed by atoms with Crippen LogP contribution in [0.1, 0.15) is 32.1 Å². The van der Waals surface area contributed by atoms with Crippen LogP contribution in [0.2, 0.25) is 0 Å². The van der Waals surface area contributed by atoms with Gasteiger partial charge in [-0.1, -0.05) is 25.3 Å². The summed E-state index contributed by atoms with van der Waals surface area (Å²) in [6.07, 6.45) is 7.92. The predicted octanol–water partition coefficient (Wildman–Crippen LogP) is 3.29. The topological polar surface area (TPSA) is 71.1 Å². The Kier molecular flexibility index (Phi) is 7.32. The number of hydrogen-bond donors (Lipinski definition) is 0. The maximum Gasteiger partial charge on any atom is 0.336 e. The van der Waals surface area contributed by atoms with Gasteiger partial charge in [-0.2, -0.15) is 0 Å². The lowest BCUT2D eigenvalue weighted by molar-refractivity contribution is -0.140. The lowest BCUT2D eigenvalue weighted by atomic mass is 9.90. The van der Waals surface area contributed by atoms with E-state index in [4.69, 9.17) is 18.9 Å². The van der Waals surface area contributed by atoms with Gasteiger partial charge in [0.2, 0.25) is 5.75 Å². The molecule has 0 aromatic heterocycles. The molecule has 1 aromatic rings. The molecule has 1 aliphatic rings. The maximum absolute atomic E-state index is 11.9. The standard InChI is InChI=1S/C19H24O6/c1-22-15-9-6-10-16(23-2)19(15)25-18(21)12-11-17(20)24-13-14-7-4-3-5-8-14/h6,9-12,14H,3-5,7-8,13H2,1-2H3/b12-11+. The molecular weight excluding hydrogens is 324 g/mol. The van der Waals surface area contributed by atoms with E-state index in [0.29, 0.717) is 24.0 Å². The molecule has 25 heavy (non-hydrogen) atoms. The summed E-state index contributed by atoms with van der Waals surface area (Å²) in [5.74, 6) is 0.0579. The first kappa shape index (κ1) is 18.8. The van der Waals surface area contributed by atoms with Gasteiger partial charge in [0.25, 0.3) is 0 Å². The molecule has 0 bridgehead atoms. The molecule has 0 unspecified atom stereocenters. The van der Waals surface area contributed by atoms with Crippen LogP contribution < -0.4 is 14.2 Å². The molecule has 6 nitrogen and oxygen atoms in total. The molecule has 1 fully saturated rings. The van der Waals surface area contributed by atoms with Crippen LogP contribution in [0, 0.1) is 5.92 Å². The number of esters is 2. The fraction of sp³-hybridized carbons (Fsp3) is 0.474. The van der Waals surface area contributed by atoms with Gasteiger partial charge in [0.05, 0.1) is 20.8 Å². The first-order valence-electron chi connectivity index (χ1n) is 8.41. The third kappa shape index (κ3) is 5.81. The van der Waals surface area contributed by atoms with E-state index in [0.717, 1.165) is 25.0 Å². The molecule has 0 N–H and O–H groups in total. The first-order chi connectivity index (χ1) is 12.1. The summed E-state index contributed by atoms with van der Waals surface area (Å²) >= 11 is 0. The quantitative estimate of drug-likeness (QED) is 0.428. The Bertz CT molecular complexity index is 594. The highest BCUT2D eigenvalue weighted by Gasteiger charge is 2.16. The van der Waals surface area contributed by atoms with Crippen molar-refractivity contribution in [3.63, 3.8) is 0 Å². The number of carbonyl (C=O) groups is 2. The van der Waals surface area contributed by atoms with Crippen molar-refractivity contribution in [2.75, 3.05) is 20.8 Å². The molecule has 0 atom stereocenters. The predicted molar refractivity (Wildman–Crippen MR) is 91.9 cm³/mol. The Morgan fingerprint density at radius 1 is 1.00 bits per heavy atom. The largest absolute Gasteiger partial charge is 0.493 e. The Morgan fingerprint density at radius 3 is 2.20 bits per heavy atom. The Balaban J connectivity index is 1.86. The van der Waals surface area contributed by atoms with Gasteiger partial charge in [-0.25, -0.2) is 9.59 Å². The highest BCUT2D eigenvalue weighted by atomic mass is 16.6. The van der Waals surface area contributed by atoms with Crippen molar-refractivity contribution in [2.45, 2.75) is 32.1 Å². The minimum atomic E-state index is -0.711. The minimum absolute atomic E-state index is 0.165. The van der Waals surface area contributed by atoms with E-state index in [-0.39, 0.29) is 5.75 Å². The minimum Gasteiger partial charge on any atom is -0.493 e. The average Bonchev–Trinajstić information content (AvgIpc) is 2.65. The van der Waals surface area contributed by atoms with Gasteiger partial charge in [0, 0.05) is 12.2 Å². The molecule has 1 saturated carbocycles. The van der Waals surface area contributed by atoms with Gasteiger partial charge >= 0.3 is 11.9 Å². The summed E-state index contributed by atoms with van der Waals surface area (Å²) in [7, 11) is 2.93. The molecule has 6 heteroatoms. The average molecular weight is 348 g/mol. The van der Waals surface area contributed by atoms with Crippen LogP contribution in [-0.4, -0.2) is 32.8 Å². The normalized spacial score (nSPS) is 15.0. The third-order valence-electron chi connectivity index (χ3n) is 4.13. The lowest BCUT2D eigenvalue weighted by Gasteiger charge is -2.20. The SMILES string of the molecule is COc1cccc(OC)c1OC(=O)/C=C/C(=O)OCC1CCCCC1. The molecule has 136 valence electrons. The van der Waals surface area contributed by atoms with Crippen molar-refractivity contribution >= 4 is 11.9 Å². The van der Waals surface area contributed by atoms with Crippen LogP contribution in [0.4, 0.5) is 0 Å². The highest BCUT2D eigenvalue weighted by Crippen LogP contribution is 2.36. The highest BCUT2D eigenvalue weighted by molar-refractivity contribution is 5.93. The molecule has 0 aliphatic heterocycles. The smallest absolute Gasteiger partial charge is 0.336 e. The molecule has 0 heterocycles. The number of hydrogen-bond acceptors (Lipinski definition) is 6. The van der Waals surface area contributed by atoms with Crippen LogP contribution in [0.3, 0.4) is 0 Å². The van der Waals surface area contributed by atoms with Crippen LogP contribution in [0.25, 0.3) is 0 Å². The van der Waals surface area contributed by atoms with E-state index in [9.17, 15) is 9.59 Å². The number of rotatable bonds is 7. The zero-order chi connectivity index (χ0) is 18.1. The van der Waals surface area contributed by atoms with Gasteiger partial charge < -0.3 is 18.9 Å². The summed E-state index contributed by atoms with van der Waals surface area (Å²) in [6.45, 7) is 0.401. The van der Waals surface area contributed by atoms with Crippen molar-refractivity contribution in [3.05, 3.63) is 30.4 Å². The number of ether oxygens (including phenoxy) is 4. The summed E-state index contributed by atoms with van der Waals surface area (Å²) in [4.78, 5) is 23.7. The number of para-hydroxylation sites is 1.